The van der Waals surface area contributed by atoms with Gasteiger partial charge in [-0.2, -0.15) is 0 Å². The molecule has 0 radical (unpaired) electrons. The van der Waals surface area contributed by atoms with Crippen molar-refractivity contribution in [1.82, 2.24) is 0 Å². The van der Waals surface area contributed by atoms with Crippen molar-refractivity contribution >= 4 is 11.7 Å². The number of hydrogen-bond acceptors (Lipinski definition) is 2. The van der Waals surface area contributed by atoms with Gasteiger partial charge < -0.3 is 10.4 Å². The monoisotopic (exact) mass is 249 g/mol. The van der Waals surface area contributed by atoms with Crippen LogP contribution in [0.4, 0.5) is 5.69 Å². The van der Waals surface area contributed by atoms with Crippen LogP contribution >= 0.6 is 0 Å². The van der Waals surface area contributed by atoms with Crippen LogP contribution in [0.3, 0.4) is 0 Å². The molecule has 1 rings (SSSR count). The zero-order valence-electron chi connectivity index (χ0n) is 11.3. The first-order valence-corrected chi connectivity index (χ1v) is 6.79. The molecule has 0 unspecified atom stereocenters. The molecule has 0 heterocycles. The Labute approximate surface area is 109 Å². The molecule has 3 heteroatoms. The molecule has 3 nitrogen and oxygen atoms in total. The summed E-state index contributed by atoms with van der Waals surface area (Å²) >= 11 is 0. The van der Waals surface area contributed by atoms with E-state index >= 15 is 0 Å². The molecule has 0 spiro atoms. The number of carboxylic acids is 1. The van der Waals surface area contributed by atoms with E-state index in [2.05, 4.69) is 12.2 Å². The first-order valence-electron chi connectivity index (χ1n) is 6.79. The lowest BCUT2D eigenvalue weighted by atomic mass is 10.00. The molecule has 0 aliphatic carbocycles. The summed E-state index contributed by atoms with van der Waals surface area (Å²) in [4.78, 5) is 11.2. The van der Waals surface area contributed by atoms with Gasteiger partial charge in [-0.1, -0.05) is 26.2 Å². The molecule has 18 heavy (non-hydrogen) atoms. The average molecular weight is 249 g/mol. The van der Waals surface area contributed by atoms with Crippen molar-refractivity contribution in [3.8, 4) is 0 Å². The third-order valence-electron chi connectivity index (χ3n) is 3.02. The third-order valence-corrected chi connectivity index (χ3v) is 3.02. The molecule has 0 aliphatic rings. The highest BCUT2D eigenvalue weighted by molar-refractivity contribution is 5.90. The molecule has 1 aromatic carbocycles. The number of aromatic carboxylic acids is 1. The van der Waals surface area contributed by atoms with Gasteiger partial charge in [0.05, 0.1) is 5.56 Å². The molecule has 0 saturated carbocycles. The zero-order valence-corrected chi connectivity index (χ0v) is 11.3. The van der Waals surface area contributed by atoms with Crippen LogP contribution in [0, 0.1) is 0 Å². The van der Waals surface area contributed by atoms with Gasteiger partial charge in [-0.25, -0.2) is 4.79 Å². The Morgan fingerprint density at radius 3 is 2.61 bits per heavy atom. The lowest BCUT2D eigenvalue weighted by molar-refractivity contribution is 0.0695. The van der Waals surface area contributed by atoms with Crippen molar-refractivity contribution in [3.63, 3.8) is 0 Å². The van der Waals surface area contributed by atoms with E-state index in [1.54, 1.807) is 6.07 Å². The first kappa shape index (κ1) is 14.6. The molecule has 100 valence electrons. The fraction of sp³-hybridized carbons (Fsp3) is 0.533. The van der Waals surface area contributed by atoms with E-state index in [4.69, 9.17) is 5.11 Å². The van der Waals surface area contributed by atoms with Crippen molar-refractivity contribution in [2.24, 2.45) is 0 Å². The fourth-order valence-electron chi connectivity index (χ4n) is 2.07. The summed E-state index contributed by atoms with van der Waals surface area (Å²) < 4.78 is 0. The lowest BCUT2D eigenvalue weighted by Gasteiger charge is -2.10. The van der Waals surface area contributed by atoms with Gasteiger partial charge in [-0.15, -0.1) is 0 Å². The molecule has 0 saturated heterocycles. The van der Waals surface area contributed by atoms with Gasteiger partial charge in [0.2, 0.25) is 0 Å². The molecule has 1 aromatic rings. The number of carbonyl (C=O) groups is 1. The van der Waals surface area contributed by atoms with Crippen LogP contribution in [0.15, 0.2) is 18.2 Å². The maximum Gasteiger partial charge on any atom is 0.335 e. The zero-order chi connectivity index (χ0) is 13.4. The predicted octanol–water partition coefficient (Wildman–Crippen LogP) is 3.94. The smallest absolute Gasteiger partial charge is 0.335 e. The fourth-order valence-corrected chi connectivity index (χ4v) is 2.07. The largest absolute Gasteiger partial charge is 0.478 e. The Balaban J connectivity index is 2.76. The number of anilines is 1. The minimum atomic E-state index is -0.830. The Bertz CT molecular complexity index is 388. The quantitative estimate of drug-likeness (QED) is 0.686. The molecule has 0 amide bonds. The first-order chi connectivity index (χ1) is 8.69. The highest BCUT2D eigenvalue weighted by atomic mass is 16.4. The topological polar surface area (TPSA) is 49.3 Å². The Kier molecular flexibility index (Phi) is 6.26. The maximum atomic E-state index is 11.2. The van der Waals surface area contributed by atoms with Crippen molar-refractivity contribution in [3.05, 3.63) is 29.3 Å². The summed E-state index contributed by atoms with van der Waals surface area (Å²) in [7, 11) is 0. The molecule has 0 bridgehead atoms. The van der Waals surface area contributed by atoms with Gasteiger partial charge in [0, 0.05) is 12.2 Å². The molecule has 0 fully saturated rings. The number of rotatable bonds is 8. The van der Waals surface area contributed by atoms with Crippen molar-refractivity contribution < 1.29 is 9.90 Å². The molecule has 0 aromatic heterocycles. The average Bonchev–Trinajstić information content (AvgIpc) is 2.35. The van der Waals surface area contributed by atoms with Crippen LogP contribution in [0.5, 0.6) is 0 Å². The normalized spacial score (nSPS) is 10.3. The molecule has 0 atom stereocenters. The Morgan fingerprint density at radius 1 is 1.22 bits per heavy atom. The van der Waals surface area contributed by atoms with Crippen LogP contribution in [0.25, 0.3) is 0 Å². The summed E-state index contributed by atoms with van der Waals surface area (Å²) in [6, 6.07) is 5.51. The van der Waals surface area contributed by atoms with Crippen LogP contribution in [-0.4, -0.2) is 17.6 Å². The van der Waals surface area contributed by atoms with E-state index in [1.165, 1.54) is 19.3 Å². The number of benzene rings is 1. The molecular formula is C15H23NO2. The molecule has 2 N–H and O–H groups in total. The summed E-state index contributed by atoms with van der Waals surface area (Å²) in [6.07, 6.45) is 5.49. The van der Waals surface area contributed by atoms with Crippen molar-refractivity contribution in [1.29, 1.82) is 0 Å². The number of unbranched alkanes of at least 4 members (excludes halogenated alkanes) is 3. The van der Waals surface area contributed by atoms with Crippen LogP contribution in [0.2, 0.25) is 0 Å². The highest BCUT2D eigenvalue weighted by Gasteiger charge is 2.10. The predicted molar refractivity (Wildman–Crippen MR) is 75.4 cm³/mol. The summed E-state index contributed by atoms with van der Waals surface area (Å²) in [5.41, 5.74) is 2.39. The lowest BCUT2D eigenvalue weighted by Crippen LogP contribution is -2.05. The second-order valence-corrected chi connectivity index (χ2v) is 4.52. The second kappa shape index (κ2) is 7.75. The standard InChI is InChI=1S/C15H23NO2/c1-3-5-6-7-8-12-11-13(16-4-2)9-10-14(12)15(17)18/h9-11,16H,3-8H2,1-2H3,(H,17,18). The van der Waals surface area contributed by atoms with E-state index in [-0.39, 0.29) is 0 Å². The van der Waals surface area contributed by atoms with E-state index < -0.39 is 5.97 Å². The summed E-state index contributed by atoms with van der Waals surface area (Å²) in [5.74, 6) is -0.830. The van der Waals surface area contributed by atoms with Crippen molar-refractivity contribution in [2.75, 3.05) is 11.9 Å². The summed E-state index contributed by atoms with van der Waals surface area (Å²) in [6.45, 7) is 5.06. The van der Waals surface area contributed by atoms with Gasteiger partial charge >= 0.3 is 5.97 Å². The van der Waals surface area contributed by atoms with Gasteiger partial charge in [0.15, 0.2) is 0 Å². The van der Waals surface area contributed by atoms with Gasteiger partial charge in [-0.3, -0.25) is 0 Å². The number of carboxylic acid groups (broad SMARTS) is 1. The SMILES string of the molecule is CCCCCCc1cc(NCC)ccc1C(=O)O. The van der Waals surface area contributed by atoms with E-state index in [9.17, 15) is 4.79 Å². The van der Waals surface area contributed by atoms with E-state index in [0.717, 1.165) is 30.6 Å². The Hall–Kier alpha value is -1.51. The van der Waals surface area contributed by atoms with Crippen molar-refractivity contribution in [2.45, 2.75) is 46.0 Å². The molecular weight excluding hydrogens is 226 g/mol. The van der Waals surface area contributed by atoms with E-state index in [0.29, 0.717) is 5.56 Å². The van der Waals surface area contributed by atoms with Crippen LogP contribution < -0.4 is 5.32 Å². The minimum absolute atomic E-state index is 0.438. The maximum absolute atomic E-state index is 11.2. The van der Waals surface area contributed by atoms with Gasteiger partial charge in [-0.05, 0) is 43.5 Å². The van der Waals surface area contributed by atoms with Gasteiger partial charge in [0.1, 0.15) is 0 Å². The van der Waals surface area contributed by atoms with Crippen LogP contribution in [0.1, 0.15) is 55.5 Å². The van der Waals surface area contributed by atoms with Crippen LogP contribution in [-0.2, 0) is 6.42 Å². The Morgan fingerprint density at radius 2 is 2.00 bits per heavy atom. The second-order valence-electron chi connectivity index (χ2n) is 4.52. The van der Waals surface area contributed by atoms with E-state index in [1.807, 2.05) is 19.1 Å². The highest BCUT2D eigenvalue weighted by Crippen LogP contribution is 2.19. The summed E-state index contributed by atoms with van der Waals surface area (Å²) in [5, 5.41) is 12.4. The minimum Gasteiger partial charge on any atom is -0.478 e. The number of nitrogens with one attached hydrogen (secondary N) is 1. The number of aryl methyl sites for hydroxylation is 1. The van der Waals surface area contributed by atoms with Gasteiger partial charge in [0.25, 0.3) is 0 Å². The third kappa shape index (κ3) is 4.40. The number of hydrogen-bond donors (Lipinski definition) is 2. The molecule has 0 aliphatic heterocycles.